The molecule has 0 saturated heterocycles. The van der Waals surface area contributed by atoms with Gasteiger partial charge in [-0.25, -0.2) is 13.6 Å². The van der Waals surface area contributed by atoms with Crippen molar-refractivity contribution in [3.8, 4) is 22.6 Å². The lowest BCUT2D eigenvalue weighted by atomic mass is 9.97. The third-order valence-electron chi connectivity index (χ3n) is 5.97. The van der Waals surface area contributed by atoms with Crippen LogP contribution in [0.25, 0.3) is 11.1 Å². The van der Waals surface area contributed by atoms with Crippen LogP contribution in [0.3, 0.4) is 0 Å². The minimum Gasteiger partial charge on any atom is -0.491 e. The Bertz CT molecular complexity index is 1410. The summed E-state index contributed by atoms with van der Waals surface area (Å²) in [7, 11) is 0. The minimum absolute atomic E-state index is 0.0336. The van der Waals surface area contributed by atoms with Crippen LogP contribution >= 0.6 is 0 Å². The molecule has 0 spiro atoms. The summed E-state index contributed by atoms with van der Waals surface area (Å²) in [6.07, 6.45) is -0.621. The van der Waals surface area contributed by atoms with Crippen molar-refractivity contribution in [2.75, 3.05) is 13.3 Å². The molecule has 7 nitrogen and oxygen atoms in total. The average Bonchev–Trinajstić information content (AvgIpc) is 2.89. The van der Waals surface area contributed by atoms with E-state index < -0.39 is 35.8 Å². The molecular formula is C34H41F2NO6. The van der Waals surface area contributed by atoms with Gasteiger partial charge in [-0.2, -0.15) is 0 Å². The smallest absolute Gasteiger partial charge is 0.408 e. The highest BCUT2D eigenvalue weighted by Gasteiger charge is 2.22. The zero-order chi connectivity index (χ0) is 31.8. The van der Waals surface area contributed by atoms with Gasteiger partial charge in [0, 0.05) is 16.7 Å². The first kappa shape index (κ1) is 33.4. The van der Waals surface area contributed by atoms with E-state index >= 15 is 4.39 Å². The molecule has 0 heterocycles. The SMILES string of the molecule is C[C@@H](NC(=O)OC(C)(C)C)c1cccc(-c2cc(COc3ccccc3CC(=O)OC(C)(C)C)cc(OCCF)c2)c1F. The summed E-state index contributed by atoms with van der Waals surface area (Å²) in [5, 5.41) is 2.67. The predicted molar refractivity (Wildman–Crippen MR) is 161 cm³/mol. The monoisotopic (exact) mass is 597 g/mol. The highest BCUT2D eigenvalue weighted by Crippen LogP contribution is 2.32. The summed E-state index contributed by atoms with van der Waals surface area (Å²) in [6.45, 7) is 11.5. The molecule has 1 amide bonds. The number of para-hydroxylation sites is 1. The van der Waals surface area contributed by atoms with E-state index in [9.17, 15) is 14.0 Å². The fourth-order valence-electron chi connectivity index (χ4n) is 4.29. The first-order valence-corrected chi connectivity index (χ1v) is 14.2. The van der Waals surface area contributed by atoms with Gasteiger partial charge in [-0.3, -0.25) is 4.79 Å². The largest absolute Gasteiger partial charge is 0.491 e. The summed E-state index contributed by atoms with van der Waals surface area (Å²) in [4.78, 5) is 24.7. The molecule has 3 aromatic rings. The van der Waals surface area contributed by atoms with Crippen LogP contribution in [0.4, 0.5) is 13.6 Å². The molecule has 0 aromatic heterocycles. The Hall–Kier alpha value is -4.14. The molecule has 0 saturated carbocycles. The number of carbonyl (C=O) groups is 2. The summed E-state index contributed by atoms with van der Waals surface area (Å²) in [5.41, 5.74) is 1.02. The molecule has 1 N–H and O–H groups in total. The number of ether oxygens (including phenoxy) is 4. The first-order valence-electron chi connectivity index (χ1n) is 14.2. The van der Waals surface area contributed by atoms with Crippen LogP contribution in [-0.4, -0.2) is 36.5 Å². The van der Waals surface area contributed by atoms with Crippen molar-refractivity contribution in [3.63, 3.8) is 0 Å². The van der Waals surface area contributed by atoms with Crippen molar-refractivity contribution in [2.24, 2.45) is 0 Å². The third kappa shape index (κ3) is 10.6. The third-order valence-corrected chi connectivity index (χ3v) is 5.97. The van der Waals surface area contributed by atoms with E-state index in [4.69, 9.17) is 18.9 Å². The fraction of sp³-hybridized carbons (Fsp3) is 0.412. The first-order chi connectivity index (χ1) is 20.1. The van der Waals surface area contributed by atoms with Gasteiger partial charge in [0.15, 0.2) is 0 Å². The van der Waals surface area contributed by atoms with Gasteiger partial charge in [0.2, 0.25) is 0 Å². The van der Waals surface area contributed by atoms with E-state index in [0.717, 1.165) is 0 Å². The van der Waals surface area contributed by atoms with E-state index in [0.29, 0.717) is 28.2 Å². The lowest BCUT2D eigenvalue weighted by Gasteiger charge is -2.22. The Morgan fingerprint density at radius 2 is 1.58 bits per heavy atom. The number of rotatable bonds is 11. The molecule has 0 unspecified atom stereocenters. The van der Waals surface area contributed by atoms with Crippen LogP contribution in [0.15, 0.2) is 60.7 Å². The molecular weight excluding hydrogens is 556 g/mol. The average molecular weight is 598 g/mol. The number of halogens is 2. The predicted octanol–water partition coefficient (Wildman–Crippen LogP) is 7.89. The lowest BCUT2D eigenvalue weighted by Crippen LogP contribution is -2.34. The second kappa shape index (κ2) is 14.4. The van der Waals surface area contributed by atoms with E-state index in [1.165, 1.54) is 0 Å². The summed E-state index contributed by atoms with van der Waals surface area (Å²) >= 11 is 0. The summed E-state index contributed by atoms with van der Waals surface area (Å²) < 4.78 is 51.2. The molecule has 3 rings (SSSR count). The maximum Gasteiger partial charge on any atom is 0.408 e. The normalized spacial score (nSPS) is 12.3. The van der Waals surface area contributed by atoms with Gasteiger partial charge in [-0.15, -0.1) is 0 Å². The second-order valence-electron chi connectivity index (χ2n) is 12.1. The molecule has 0 aliphatic carbocycles. The number of esters is 1. The van der Waals surface area contributed by atoms with Crippen LogP contribution in [0.1, 0.15) is 71.2 Å². The lowest BCUT2D eigenvalue weighted by molar-refractivity contribution is -0.153. The molecule has 232 valence electrons. The van der Waals surface area contributed by atoms with Crippen molar-refractivity contribution in [2.45, 2.75) is 78.7 Å². The Labute approximate surface area is 252 Å². The van der Waals surface area contributed by atoms with Crippen LogP contribution in [0.5, 0.6) is 11.5 Å². The van der Waals surface area contributed by atoms with Crippen molar-refractivity contribution in [1.29, 1.82) is 0 Å². The quantitative estimate of drug-likeness (QED) is 0.226. The van der Waals surface area contributed by atoms with E-state index in [-0.39, 0.29) is 36.7 Å². The molecule has 0 aliphatic rings. The maximum absolute atomic E-state index is 15.9. The molecule has 0 radical (unpaired) electrons. The fourth-order valence-corrected chi connectivity index (χ4v) is 4.29. The molecule has 0 bridgehead atoms. The molecule has 3 aromatic carbocycles. The second-order valence-corrected chi connectivity index (χ2v) is 12.1. The van der Waals surface area contributed by atoms with Crippen LogP contribution in [-0.2, 0) is 27.3 Å². The number of amides is 1. The topological polar surface area (TPSA) is 83.1 Å². The van der Waals surface area contributed by atoms with Gasteiger partial charge in [-0.05, 0) is 83.9 Å². The van der Waals surface area contributed by atoms with Crippen LogP contribution in [0.2, 0.25) is 0 Å². The van der Waals surface area contributed by atoms with Gasteiger partial charge < -0.3 is 24.3 Å². The Kier molecular flexibility index (Phi) is 11.1. The van der Waals surface area contributed by atoms with E-state index in [1.54, 1.807) is 103 Å². The standard InChI is InChI=1S/C34H41F2NO6/c1-22(37-32(39)43-34(5,6)7)27-12-10-13-28(31(27)36)25-17-23(18-26(19-25)40-16-15-35)21-41-29-14-9-8-11-24(29)20-30(38)42-33(2,3)4/h8-14,17-19,22H,15-16,20-21H2,1-7H3,(H,37,39)/t22-/m1/s1. The van der Waals surface area contributed by atoms with E-state index in [1.807, 2.05) is 6.07 Å². The summed E-state index contributed by atoms with van der Waals surface area (Å²) in [5.74, 6) is -0.0535. The zero-order valence-electron chi connectivity index (χ0n) is 25.9. The molecule has 1 atom stereocenters. The van der Waals surface area contributed by atoms with Crippen molar-refractivity contribution < 1.29 is 37.3 Å². The van der Waals surface area contributed by atoms with Gasteiger partial charge in [0.05, 0.1) is 12.5 Å². The highest BCUT2D eigenvalue weighted by atomic mass is 19.1. The van der Waals surface area contributed by atoms with Gasteiger partial charge >= 0.3 is 12.1 Å². The minimum atomic E-state index is -0.695. The number of alkyl carbamates (subject to hydrolysis) is 1. The van der Waals surface area contributed by atoms with Crippen molar-refractivity contribution in [1.82, 2.24) is 5.32 Å². The number of carbonyl (C=O) groups excluding carboxylic acids is 2. The maximum atomic E-state index is 15.9. The Morgan fingerprint density at radius 1 is 0.884 bits per heavy atom. The molecule has 0 fully saturated rings. The number of hydrogen-bond acceptors (Lipinski definition) is 6. The number of nitrogens with one attached hydrogen (secondary N) is 1. The Morgan fingerprint density at radius 3 is 2.26 bits per heavy atom. The van der Waals surface area contributed by atoms with Gasteiger partial charge in [0.1, 0.15) is 48.4 Å². The van der Waals surface area contributed by atoms with Crippen molar-refractivity contribution in [3.05, 3.63) is 83.2 Å². The molecule has 9 heteroatoms. The van der Waals surface area contributed by atoms with E-state index in [2.05, 4.69) is 5.32 Å². The van der Waals surface area contributed by atoms with Crippen LogP contribution < -0.4 is 14.8 Å². The van der Waals surface area contributed by atoms with Gasteiger partial charge in [-0.1, -0.05) is 36.4 Å². The highest BCUT2D eigenvalue weighted by molar-refractivity contribution is 5.74. The molecule has 0 aliphatic heterocycles. The zero-order valence-corrected chi connectivity index (χ0v) is 25.9. The van der Waals surface area contributed by atoms with Crippen LogP contribution in [0, 0.1) is 5.82 Å². The van der Waals surface area contributed by atoms with Crippen molar-refractivity contribution >= 4 is 12.1 Å². The van der Waals surface area contributed by atoms with Gasteiger partial charge in [0.25, 0.3) is 0 Å². The summed E-state index contributed by atoms with van der Waals surface area (Å²) in [6, 6.07) is 16.5. The number of benzene rings is 3. The number of alkyl halides is 1. The number of hydrogen-bond donors (Lipinski definition) is 1. The molecule has 43 heavy (non-hydrogen) atoms. The Balaban J connectivity index is 1.88.